The van der Waals surface area contributed by atoms with E-state index in [1.165, 1.54) is 13.2 Å². The Morgan fingerprint density at radius 3 is 2.71 bits per heavy atom. The molecule has 0 atom stereocenters. The zero-order chi connectivity index (χ0) is 15.4. The average Bonchev–Trinajstić information content (AvgIpc) is 2.87. The van der Waals surface area contributed by atoms with Crippen molar-refractivity contribution in [2.24, 2.45) is 0 Å². The summed E-state index contributed by atoms with van der Waals surface area (Å²) in [4.78, 5) is 22.9. The van der Waals surface area contributed by atoms with Crippen molar-refractivity contribution in [1.29, 1.82) is 0 Å². The number of carbonyl (C=O) groups excluding carboxylic acids is 1. The molecule has 0 radical (unpaired) electrons. The lowest BCUT2D eigenvalue weighted by molar-refractivity contribution is 0.0698. The Morgan fingerprint density at radius 2 is 2.05 bits per heavy atom. The number of anilines is 2. The van der Waals surface area contributed by atoms with Crippen LogP contribution in [0.5, 0.6) is 5.75 Å². The molecule has 110 valence electrons. The van der Waals surface area contributed by atoms with Gasteiger partial charge in [-0.3, -0.25) is 5.32 Å². The standard InChI is InChI=1S/C13H11BrN2O4S/c1-20-10-3-2-7(14)6-9(10)15-13(19)16-11-8(12(17)18)4-5-21-11/h2-6H,1H3,(H,17,18)(H2,15,16,19). The van der Waals surface area contributed by atoms with Gasteiger partial charge in [-0.05, 0) is 29.6 Å². The van der Waals surface area contributed by atoms with Gasteiger partial charge < -0.3 is 15.2 Å². The van der Waals surface area contributed by atoms with Crippen LogP contribution in [0.2, 0.25) is 0 Å². The van der Waals surface area contributed by atoms with E-state index >= 15 is 0 Å². The third-order valence-corrected chi connectivity index (χ3v) is 3.86. The second-order valence-electron chi connectivity index (χ2n) is 3.89. The summed E-state index contributed by atoms with van der Waals surface area (Å²) in [5, 5.41) is 16.0. The van der Waals surface area contributed by atoms with Crippen LogP contribution in [0.25, 0.3) is 0 Å². The van der Waals surface area contributed by atoms with Crippen molar-refractivity contribution in [3.05, 3.63) is 39.7 Å². The van der Waals surface area contributed by atoms with Crippen molar-refractivity contribution in [2.75, 3.05) is 17.7 Å². The summed E-state index contributed by atoms with van der Waals surface area (Å²) in [5.74, 6) is -0.593. The highest BCUT2D eigenvalue weighted by Gasteiger charge is 2.15. The Morgan fingerprint density at radius 1 is 1.29 bits per heavy atom. The van der Waals surface area contributed by atoms with Gasteiger partial charge in [0.05, 0.1) is 18.4 Å². The molecule has 2 amide bonds. The normalized spacial score (nSPS) is 10.0. The van der Waals surface area contributed by atoms with Crippen molar-refractivity contribution in [3.63, 3.8) is 0 Å². The van der Waals surface area contributed by atoms with E-state index in [-0.39, 0.29) is 10.6 Å². The van der Waals surface area contributed by atoms with Crippen LogP contribution in [0.4, 0.5) is 15.5 Å². The third-order valence-electron chi connectivity index (χ3n) is 2.53. The van der Waals surface area contributed by atoms with Crippen molar-refractivity contribution < 1.29 is 19.4 Å². The molecule has 0 aliphatic heterocycles. The fourth-order valence-corrected chi connectivity index (χ4v) is 2.74. The molecule has 0 aliphatic carbocycles. The molecular weight excluding hydrogens is 360 g/mol. The summed E-state index contributed by atoms with van der Waals surface area (Å²) in [5.41, 5.74) is 0.522. The Labute approximate surface area is 132 Å². The fourth-order valence-electron chi connectivity index (χ4n) is 1.61. The minimum Gasteiger partial charge on any atom is -0.495 e. The molecule has 2 aromatic rings. The highest BCUT2D eigenvalue weighted by Crippen LogP contribution is 2.28. The number of aromatic carboxylic acids is 1. The zero-order valence-electron chi connectivity index (χ0n) is 10.8. The lowest BCUT2D eigenvalue weighted by Crippen LogP contribution is -2.20. The molecule has 0 bridgehead atoms. The first-order chi connectivity index (χ1) is 10.0. The Bertz CT molecular complexity index is 687. The topological polar surface area (TPSA) is 87.7 Å². The maximum Gasteiger partial charge on any atom is 0.338 e. The van der Waals surface area contributed by atoms with Crippen molar-refractivity contribution in [3.8, 4) is 5.75 Å². The van der Waals surface area contributed by atoms with Gasteiger partial charge in [0, 0.05) is 4.47 Å². The first-order valence-electron chi connectivity index (χ1n) is 5.73. The molecule has 21 heavy (non-hydrogen) atoms. The quantitative estimate of drug-likeness (QED) is 0.762. The first kappa shape index (κ1) is 15.3. The molecule has 0 fully saturated rings. The molecule has 0 spiro atoms. The van der Waals surface area contributed by atoms with Gasteiger partial charge in [0.15, 0.2) is 0 Å². The van der Waals surface area contributed by atoms with Crippen LogP contribution >= 0.6 is 27.3 Å². The predicted molar refractivity (Wildman–Crippen MR) is 84.6 cm³/mol. The van der Waals surface area contributed by atoms with E-state index in [4.69, 9.17) is 9.84 Å². The summed E-state index contributed by atoms with van der Waals surface area (Å²) in [6.45, 7) is 0. The molecule has 0 saturated carbocycles. The number of amides is 2. The van der Waals surface area contributed by atoms with Gasteiger partial charge in [-0.15, -0.1) is 11.3 Å². The van der Waals surface area contributed by atoms with Crippen LogP contribution in [0.15, 0.2) is 34.1 Å². The van der Waals surface area contributed by atoms with Crippen LogP contribution in [-0.4, -0.2) is 24.2 Å². The monoisotopic (exact) mass is 370 g/mol. The van der Waals surface area contributed by atoms with Gasteiger partial charge in [0.1, 0.15) is 10.8 Å². The van der Waals surface area contributed by atoms with Gasteiger partial charge >= 0.3 is 12.0 Å². The number of halogens is 1. The van der Waals surface area contributed by atoms with Crippen molar-refractivity contribution >= 4 is 50.0 Å². The smallest absolute Gasteiger partial charge is 0.338 e. The number of methoxy groups -OCH3 is 1. The van der Waals surface area contributed by atoms with Gasteiger partial charge in [-0.1, -0.05) is 15.9 Å². The molecule has 0 saturated heterocycles. The zero-order valence-corrected chi connectivity index (χ0v) is 13.2. The summed E-state index contributed by atoms with van der Waals surface area (Å²) in [6.07, 6.45) is 0. The SMILES string of the molecule is COc1ccc(Br)cc1NC(=O)Nc1sccc1C(=O)O. The van der Waals surface area contributed by atoms with Crippen LogP contribution < -0.4 is 15.4 Å². The molecule has 8 heteroatoms. The molecule has 1 aromatic carbocycles. The molecular formula is C13H11BrN2O4S. The molecule has 2 rings (SSSR count). The van der Waals surface area contributed by atoms with Crippen molar-refractivity contribution in [1.82, 2.24) is 0 Å². The molecule has 3 N–H and O–H groups in total. The second-order valence-corrected chi connectivity index (χ2v) is 5.72. The van der Waals surface area contributed by atoms with E-state index in [9.17, 15) is 9.59 Å². The lowest BCUT2D eigenvalue weighted by atomic mass is 10.3. The summed E-state index contributed by atoms with van der Waals surface area (Å²) in [6, 6.07) is 6.06. The number of nitrogens with one attached hydrogen (secondary N) is 2. The number of hydrogen-bond acceptors (Lipinski definition) is 4. The van der Waals surface area contributed by atoms with Crippen LogP contribution in [0, 0.1) is 0 Å². The average molecular weight is 371 g/mol. The Hall–Kier alpha value is -2.06. The minimum absolute atomic E-state index is 0.0522. The number of hydrogen-bond donors (Lipinski definition) is 3. The minimum atomic E-state index is -1.09. The van der Waals surface area contributed by atoms with Gasteiger partial charge in [0.2, 0.25) is 0 Å². The number of rotatable bonds is 4. The van der Waals surface area contributed by atoms with Crippen LogP contribution in [-0.2, 0) is 0 Å². The summed E-state index contributed by atoms with van der Waals surface area (Å²) < 4.78 is 5.92. The van der Waals surface area contributed by atoms with E-state index in [0.29, 0.717) is 11.4 Å². The molecule has 6 nitrogen and oxygen atoms in total. The van der Waals surface area contributed by atoms with E-state index in [1.54, 1.807) is 23.6 Å². The maximum absolute atomic E-state index is 12.0. The number of benzene rings is 1. The number of thiophene rings is 1. The summed E-state index contributed by atoms with van der Waals surface area (Å²) in [7, 11) is 1.49. The summed E-state index contributed by atoms with van der Waals surface area (Å²) >= 11 is 4.44. The number of carboxylic acid groups (broad SMARTS) is 1. The van der Waals surface area contributed by atoms with E-state index in [0.717, 1.165) is 15.8 Å². The molecule has 0 unspecified atom stereocenters. The molecule has 1 aromatic heterocycles. The van der Waals surface area contributed by atoms with Crippen LogP contribution in [0.1, 0.15) is 10.4 Å². The third kappa shape index (κ3) is 3.73. The first-order valence-corrected chi connectivity index (χ1v) is 7.41. The number of ether oxygens (including phenoxy) is 1. The fraction of sp³-hybridized carbons (Fsp3) is 0.0769. The Balaban J connectivity index is 2.13. The predicted octanol–water partition coefficient (Wildman–Crippen LogP) is 3.86. The van der Waals surface area contributed by atoms with E-state index < -0.39 is 12.0 Å². The maximum atomic E-state index is 12.0. The highest BCUT2D eigenvalue weighted by molar-refractivity contribution is 9.10. The van der Waals surface area contributed by atoms with Crippen molar-refractivity contribution in [2.45, 2.75) is 0 Å². The van der Waals surface area contributed by atoms with E-state index in [2.05, 4.69) is 26.6 Å². The Kier molecular flexibility index (Phi) is 4.81. The van der Waals surface area contributed by atoms with E-state index in [1.807, 2.05) is 0 Å². The number of carboxylic acids is 1. The van der Waals surface area contributed by atoms with Gasteiger partial charge in [-0.2, -0.15) is 0 Å². The van der Waals surface area contributed by atoms with Crippen LogP contribution in [0.3, 0.4) is 0 Å². The van der Waals surface area contributed by atoms with Gasteiger partial charge in [0.25, 0.3) is 0 Å². The van der Waals surface area contributed by atoms with Gasteiger partial charge in [-0.25, -0.2) is 9.59 Å². The lowest BCUT2D eigenvalue weighted by Gasteiger charge is -2.11. The largest absolute Gasteiger partial charge is 0.495 e. The molecule has 1 heterocycles. The molecule has 0 aliphatic rings. The number of carbonyl (C=O) groups is 2. The second kappa shape index (κ2) is 6.59. The number of urea groups is 1. The highest BCUT2D eigenvalue weighted by atomic mass is 79.9.